The van der Waals surface area contributed by atoms with Gasteiger partial charge in [-0.3, -0.25) is 0 Å². The molecule has 0 amide bonds. The van der Waals surface area contributed by atoms with E-state index in [1.807, 2.05) is 0 Å². The Bertz CT molecular complexity index is 341. The standard InChI is InChI=1S/C10H9.2CH3.2ClH.Si.Zr/c1-8-6-9-4-2-3-5-10(9)7-8;;;;;;/h2-7H,1H3;2*1H3;2*1H;;/q3*-1;;;;. The summed E-state index contributed by atoms with van der Waals surface area (Å²) in [5.74, 6) is 0. The van der Waals surface area contributed by atoms with Crippen LogP contribution in [-0.4, -0.2) is 6.88 Å². The molecule has 0 heterocycles. The molecule has 0 saturated heterocycles. The molecule has 0 spiro atoms. The Balaban J connectivity index is -0.000000114. The fraction of sp³-hybridized carbons (Fsp3) is 0.0833. The van der Waals surface area contributed by atoms with Gasteiger partial charge in [-0.15, -0.1) is 65.4 Å². The van der Waals surface area contributed by atoms with Crippen molar-refractivity contribution in [2.45, 2.75) is 6.92 Å². The van der Waals surface area contributed by atoms with E-state index in [9.17, 15) is 0 Å². The molecule has 0 fully saturated rings. The van der Waals surface area contributed by atoms with Gasteiger partial charge in [0.25, 0.3) is 0 Å². The van der Waals surface area contributed by atoms with Crippen LogP contribution in [0.15, 0.2) is 36.4 Å². The van der Waals surface area contributed by atoms with Gasteiger partial charge in [-0.1, -0.05) is 13.0 Å². The second kappa shape index (κ2) is 13.6. The first kappa shape index (κ1) is 25.4. The van der Waals surface area contributed by atoms with Crippen LogP contribution in [0, 0.1) is 21.8 Å². The zero-order chi connectivity index (χ0) is 8.97. The Kier molecular flexibility index (Phi) is 21.5. The Morgan fingerprint density at radius 1 is 1.06 bits per heavy atom. The minimum absolute atomic E-state index is 0. The first-order valence-corrected chi connectivity index (χ1v) is 7.92. The van der Waals surface area contributed by atoms with Crippen LogP contribution in [-0.2, 0) is 23.3 Å². The van der Waals surface area contributed by atoms with Crippen LogP contribution in [0.5, 0.6) is 0 Å². The summed E-state index contributed by atoms with van der Waals surface area (Å²) in [5, 5.41) is 2.69. The van der Waals surface area contributed by atoms with Gasteiger partial charge in [-0.2, -0.15) is 6.07 Å². The Morgan fingerprint density at radius 2 is 1.56 bits per heavy atom. The number of aryl methyl sites for hydroxylation is 1. The summed E-state index contributed by atoms with van der Waals surface area (Å²) in [6.07, 6.45) is 0. The third-order valence-electron chi connectivity index (χ3n) is 1.76. The van der Waals surface area contributed by atoms with Gasteiger partial charge in [-0.25, -0.2) is 0 Å². The molecule has 0 saturated carbocycles. The molecule has 0 aliphatic heterocycles. The predicted octanol–water partition coefficient (Wildman–Crippen LogP) is 4.23. The molecule has 16 heavy (non-hydrogen) atoms. The molecule has 0 aliphatic carbocycles. The van der Waals surface area contributed by atoms with E-state index >= 15 is 0 Å². The molecule has 90 valence electrons. The van der Waals surface area contributed by atoms with Crippen LogP contribution in [0.4, 0.5) is 0 Å². The molecule has 2 rings (SSSR count). The number of halogens is 2. The summed E-state index contributed by atoms with van der Waals surface area (Å²) in [7, 11) is 0. The van der Waals surface area contributed by atoms with E-state index in [4.69, 9.17) is 0 Å². The summed E-state index contributed by atoms with van der Waals surface area (Å²) in [6, 6.07) is 12.8. The molecule has 4 heteroatoms. The molecule has 0 bridgehead atoms. The van der Waals surface area contributed by atoms with Crippen LogP contribution in [0.1, 0.15) is 5.56 Å². The fourth-order valence-corrected chi connectivity index (χ4v) is 1.31. The minimum atomic E-state index is 0. The van der Waals surface area contributed by atoms with E-state index in [1.165, 1.54) is 39.7 Å². The van der Waals surface area contributed by atoms with E-state index in [-0.39, 0.29) is 39.7 Å². The van der Waals surface area contributed by atoms with Gasteiger partial charge in [0.15, 0.2) is 0 Å². The first-order chi connectivity index (χ1) is 5.86. The molecular formula is C12H17Cl2SiZr-3. The maximum absolute atomic E-state index is 3.06. The number of rotatable bonds is 0. The van der Waals surface area contributed by atoms with Crippen molar-refractivity contribution in [3.63, 3.8) is 0 Å². The third kappa shape index (κ3) is 6.96. The number of hydrogen-bond donors (Lipinski definition) is 0. The third-order valence-corrected chi connectivity index (χ3v) is 1.76. The van der Waals surface area contributed by atoms with Crippen molar-refractivity contribution in [3.8, 4) is 0 Å². The van der Waals surface area contributed by atoms with Crippen molar-refractivity contribution in [3.05, 3.63) is 56.8 Å². The monoisotopic (exact) mass is 349 g/mol. The van der Waals surface area contributed by atoms with Crippen molar-refractivity contribution in [2.24, 2.45) is 0 Å². The van der Waals surface area contributed by atoms with Gasteiger partial charge in [0.05, 0.1) is 0 Å². The fourth-order valence-electron chi connectivity index (χ4n) is 1.31. The van der Waals surface area contributed by atoms with Crippen LogP contribution in [0.25, 0.3) is 10.8 Å². The predicted molar refractivity (Wildman–Crippen MR) is 77.4 cm³/mol. The average molecular weight is 351 g/mol. The van der Waals surface area contributed by atoms with Crippen molar-refractivity contribution < 1.29 is 23.3 Å². The maximum atomic E-state index is 3.06. The average Bonchev–Trinajstić information content (AvgIpc) is 2.48. The molecule has 2 radical (unpaired) electrons. The second-order valence-electron chi connectivity index (χ2n) is 2.66. The summed E-state index contributed by atoms with van der Waals surface area (Å²) in [5.41, 5.74) is 1.35. The summed E-state index contributed by atoms with van der Waals surface area (Å²) >= 11 is 1.36. The van der Waals surface area contributed by atoms with Gasteiger partial charge in [0.1, 0.15) is 0 Å². The Morgan fingerprint density at radius 3 is 2.06 bits per heavy atom. The normalized spacial score (nSPS) is 6.75. The molecule has 2 aromatic carbocycles. The zero-order valence-corrected chi connectivity index (χ0v) is 14.9. The van der Waals surface area contributed by atoms with Gasteiger partial charge < -0.3 is 14.9 Å². The van der Waals surface area contributed by atoms with Gasteiger partial charge in [0.2, 0.25) is 0 Å². The first-order valence-electron chi connectivity index (χ1n) is 3.73. The van der Waals surface area contributed by atoms with Crippen molar-refractivity contribution in [1.82, 2.24) is 0 Å². The summed E-state index contributed by atoms with van der Waals surface area (Å²) in [6.45, 7) is 5.19. The summed E-state index contributed by atoms with van der Waals surface area (Å²) in [4.78, 5) is 0. The van der Waals surface area contributed by atoms with Gasteiger partial charge in [0, 0.05) is 0 Å². The van der Waals surface area contributed by atoms with E-state index in [2.05, 4.69) is 50.2 Å². The SMILES string of the molecule is Cc1cc2ccccc2[cH-]1.Cl.Cl.[CH3-].[CH3-].[Si]=[Zr]. The summed E-state index contributed by atoms with van der Waals surface area (Å²) < 4.78 is 0. The number of benzene rings is 1. The van der Waals surface area contributed by atoms with E-state index in [0.29, 0.717) is 0 Å². The number of hydrogen-bond acceptors (Lipinski definition) is 0. The Labute approximate surface area is 129 Å². The van der Waals surface area contributed by atoms with Crippen LogP contribution >= 0.6 is 24.8 Å². The van der Waals surface area contributed by atoms with Crippen molar-refractivity contribution in [1.29, 1.82) is 0 Å². The van der Waals surface area contributed by atoms with E-state index in [1.54, 1.807) is 0 Å². The molecule has 2 aromatic rings. The molecule has 0 aromatic heterocycles. The quantitative estimate of drug-likeness (QED) is 0.492. The van der Waals surface area contributed by atoms with Gasteiger partial charge >= 0.3 is 30.2 Å². The van der Waals surface area contributed by atoms with Crippen LogP contribution in [0.2, 0.25) is 0 Å². The Hall–Kier alpha value is 0.510. The number of fused-ring (bicyclic) bond motifs is 1. The topological polar surface area (TPSA) is 0 Å². The molecule has 0 nitrogen and oxygen atoms in total. The van der Waals surface area contributed by atoms with Crippen LogP contribution in [0.3, 0.4) is 0 Å². The molecule has 0 atom stereocenters. The second-order valence-corrected chi connectivity index (χ2v) is 2.66. The van der Waals surface area contributed by atoms with E-state index < -0.39 is 0 Å². The zero-order valence-electron chi connectivity index (χ0n) is 9.78. The van der Waals surface area contributed by atoms with E-state index in [0.717, 1.165) is 0 Å². The molecule has 0 aliphatic rings. The van der Waals surface area contributed by atoms with Gasteiger partial charge in [-0.05, 0) is 0 Å². The van der Waals surface area contributed by atoms with Crippen molar-refractivity contribution in [2.75, 3.05) is 0 Å². The van der Waals surface area contributed by atoms with Crippen LogP contribution < -0.4 is 0 Å². The molecule has 0 N–H and O–H groups in total. The molecular weight excluding hydrogens is 334 g/mol. The molecule has 0 unspecified atom stereocenters. The van der Waals surface area contributed by atoms with Crippen molar-refractivity contribution >= 4 is 42.5 Å².